The minimum absolute atomic E-state index is 0.306. The van der Waals surface area contributed by atoms with E-state index in [2.05, 4.69) is 61.1 Å². The highest BCUT2D eigenvalue weighted by Gasteiger charge is 2.31. The van der Waals surface area contributed by atoms with Gasteiger partial charge in [-0.25, -0.2) is 0 Å². The topological polar surface area (TPSA) is 62.6 Å². The van der Waals surface area contributed by atoms with Crippen molar-refractivity contribution in [3.63, 3.8) is 0 Å². The number of aromatic amines is 1. The van der Waals surface area contributed by atoms with E-state index in [0.717, 1.165) is 36.9 Å². The van der Waals surface area contributed by atoms with Crippen LogP contribution in [0.4, 0.5) is 5.95 Å². The second-order valence-corrected chi connectivity index (χ2v) is 7.12. The Hall–Kier alpha value is -2.63. The van der Waals surface area contributed by atoms with Gasteiger partial charge in [-0.05, 0) is 43.7 Å². The van der Waals surface area contributed by atoms with Crippen LogP contribution in [-0.4, -0.2) is 25.0 Å². The Morgan fingerprint density at radius 2 is 1.96 bits per heavy atom. The molecule has 0 bridgehead atoms. The van der Waals surface area contributed by atoms with E-state index in [1.54, 1.807) is 0 Å². The third kappa shape index (κ3) is 2.13. The Bertz CT molecular complexity index is 937. The highest BCUT2D eigenvalue weighted by Crippen LogP contribution is 2.37. The van der Waals surface area contributed by atoms with Crippen molar-refractivity contribution < 1.29 is 0 Å². The molecule has 0 spiro atoms. The standard InChI is InChI=1S/C19H22N6/c1-12-14-8-4-3-7-13(14)11-25(12)19-23-22-18(24(19)2)17-15-9-5-6-10-16(15)20-21-17/h3-4,7-8,12H,5-6,9-11H2,1-2H3,(H,20,21)/t12-/m0/s1. The van der Waals surface area contributed by atoms with Crippen molar-refractivity contribution in [3.8, 4) is 11.5 Å². The van der Waals surface area contributed by atoms with Crippen LogP contribution in [0.2, 0.25) is 0 Å². The lowest BCUT2D eigenvalue weighted by Gasteiger charge is -2.22. The van der Waals surface area contributed by atoms with Crippen LogP contribution in [-0.2, 0) is 26.4 Å². The van der Waals surface area contributed by atoms with Crippen LogP contribution in [0, 0.1) is 0 Å². The number of nitrogens with one attached hydrogen (secondary N) is 1. The second kappa shape index (κ2) is 5.44. The number of hydrogen-bond donors (Lipinski definition) is 1. The van der Waals surface area contributed by atoms with E-state index >= 15 is 0 Å². The highest BCUT2D eigenvalue weighted by atomic mass is 15.4. The van der Waals surface area contributed by atoms with Crippen LogP contribution in [0.15, 0.2) is 24.3 Å². The molecule has 3 heterocycles. The van der Waals surface area contributed by atoms with Crippen LogP contribution in [0.25, 0.3) is 11.5 Å². The molecular weight excluding hydrogens is 312 g/mol. The van der Waals surface area contributed by atoms with Gasteiger partial charge in [0.15, 0.2) is 5.82 Å². The van der Waals surface area contributed by atoms with Gasteiger partial charge in [0.2, 0.25) is 5.95 Å². The van der Waals surface area contributed by atoms with Gasteiger partial charge in [-0.15, -0.1) is 10.2 Å². The van der Waals surface area contributed by atoms with Crippen molar-refractivity contribution in [2.24, 2.45) is 7.05 Å². The van der Waals surface area contributed by atoms with Crippen molar-refractivity contribution in [2.45, 2.75) is 45.2 Å². The number of rotatable bonds is 2. The van der Waals surface area contributed by atoms with E-state index in [1.165, 1.54) is 35.2 Å². The van der Waals surface area contributed by atoms with Crippen LogP contribution < -0.4 is 4.90 Å². The van der Waals surface area contributed by atoms with Crippen LogP contribution in [0.5, 0.6) is 0 Å². The molecule has 2 aromatic heterocycles. The molecule has 2 aliphatic rings. The molecule has 3 aromatic rings. The van der Waals surface area contributed by atoms with Gasteiger partial charge in [0, 0.05) is 24.8 Å². The van der Waals surface area contributed by atoms with Crippen LogP contribution >= 0.6 is 0 Å². The summed E-state index contributed by atoms with van der Waals surface area (Å²) in [6, 6.07) is 8.93. The first-order chi connectivity index (χ1) is 12.2. The molecule has 1 aliphatic carbocycles. The molecule has 0 unspecified atom stereocenters. The molecule has 0 saturated carbocycles. The molecule has 1 atom stereocenters. The Morgan fingerprint density at radius 1 is 1.12 bits per heavy atom. The minimum Gasteiger partial charge on any atom is -0.330 e. The van der Waals surface area contributed by atoms with Gasteiger partial charge in [0.25, 0.3) is 0 Å². The largest absolute Gasteiger partial charge is 0.330 e. The van der Waals surface area contributed by atoms with E-state index in [1.807, 2.05) is 7.05 Å². The molecule has 0 amide bonds. The number of H-pyrrole nitrogens is 1. The van der Waals surface area contributed by atoms with Crippen molar-refractivity contribution >= 4 is 5.95 Å². The zero-order chi connectivity index (χ0) is 17.0. The van der Waals surface area contributed by atoms with E-state index in [9.17, 15) is 0 Å². The molecule has 1 aliphatic heterocycles. The Morgan fingerprint density at radius 3 is 2.84 bits per heavy atom. The van der Waals surface area contributed by atoms with Gasteiger partial charge < -0.3 is 4.90 Å². The molecule has 1 N–H and O–H groups in total. The maximum Gasteiger partial charge on any atom is 0.228 e. The van der Waals surface area contributed by atoms with Gasteiger partial charge >= 0.3 is 0 Å². The summed E-state index contributed by atoms with van der Waals surface area (Å²) in [5.41, 5.74) is 6.32. The molecule has 128 valence electrons. The molecule has 6 heteroatoms. The normalized spacial score (nSPS) is 19.1. The third-order valence-corrected chi connectivity index (χ3v) is 5.69. The molecule has 0 fully saturated rings. The zero-order valence-electron chi connectivity index (χ0n) is 14.7. The summed E-state index contributed by atoms with van der Waals surface area (Å²) in [7, 11) is 2.05. The summed E-state index contributed by atoms with van der Waals surface area (Å²) in [5.74, 6) is 1.77. The van der Waals surface area contributed by atoms with Gasteiger partial charge in [-0.2, -0.15) is 5.10 Å². The van der Waals surface area contributed by atoms with Crippen LogP contribution in [0.3, 0.4) is 0 Å². The molecule has 25 heavy (non-hydrogen) atoms. The van der Waals surface area contributed by atoms with Gasteiger partial charge in [0.1, 0.15) is 5.69 Å². The summed E-state index contributed by atoms with van der Waals surface area (Å²) < 4.78 is 2.09. The molecule has 1 aromatic carbocycles. The van der Waals surface area contributed by atoms with Crippen LogP contribution in [0.1, 0.15) is 48.2 Å². The second-order valence-electron chi connectivity index (χ2n) is 7.12. The molecular formula is C19H22N6. The quantitative estimate of drug-likeness (QED) is 0.782. The molecule has 5 rings (SSSR count). The predicted octanol–water partition coefficient (Wildman–Crippen LogP) is 3.17. The monoisotopic (exact) mass is 334 g/mol. The lowest BCUT2D eigenvalue weighted by molar-refractivity contribution is 0.674. The van der Waals surface area contributed by atoms with E-state index < -0.39 is 0 Å². The summed E-state index contributed by atoms with van der Waals surface area (Å²) in [6.07, 6.45) is 4.63. The summed E-state index contributed by atoms with van der Waals surface area (Å²) in [4.78, 5) is 2.32. The fourth-order valence-electron chi connectivity index (χ4n) is 4.26. The van der Waals surface area contributed by atoms with Crippen molar-refractivity contribution in [1.82, 2.24) is 25.0 Å². The van der Waals surface area contributed by atoms with Crippen molar-refractivity contribution in [3.05, 3.63) is 46.6 Å². The number of anilines is 1. The maximum absolute atomic E-state index is 4.56. The van der Waals surface area contributed by atoms with E-state index in [0.29, 0.717) is 6.04 Å². The molecule has 0 saturated heterocycles. The van der Waals surface area contributed by atoms with Crippen molar-refractivity contribution in [1.29, 1.82) is 0 Å². The lowest BCUT2D eigenvalue weighted by atomic mass is 9.96. The number of aryl methyl sites for hydroxylation is 1. The number of hydrogen-bond acceptors (Lipinski definition) is 4. The smallest absolute Gasteiger partial charge is 0.228 e. The summed E-state index contributed by atoms with van der Waals surface area (Å²) in [5, 5.41) is 16.8. The Kier molecular flexibility index (Phi) is 3.20. The lowest BCUT2D eigenvalue weighted by Crippen LogP contribution is -2.22. The van der Waals surface area contributed by atoms with Gasteiger partial charge in [-0.1, -0.05) is 24.3 Å². The number of benzene rings is 1. The molecule has 0 radical (unpaired) electrons. The average Bonchev–Trinajstić information content (AvgIpc) is 3.31. The van der Waals surface area contributed by atoms with Gasteiger partial charge in [0.05, 0.1) is 6.04 Å². The average molecular weight is 334 g/mol. The fourth-order valence-corrected chi connectivity index (χ4v) is 4.26. The first kappa shape index (κ1) is 14.7. The predicted molar refractivity (Wildman–Crippen MR) is 96.3 cm³/mol. The summed E-state index contributed by atoms with van der Waals surface area (Å²) in [6.45, 7) is 3.11. The Balaban J connectivity index is 1.53. The van der Waals surface area contributed by atoms with Gasteiger partial charge in [-0.3, -0.25) is 9.67 Å². The number of aromatic nitrogens is 5. The number of fused-ring (bicyclic) bond motifs is 2. The molecule has 6 nitrogen and oxygen atoms in total. The van der Waals surface area contributed by atoms with Crippen molar-refractivity contribution in [2.75, 3.05) is 4.90 Å². The highest BCUT2D eigenvalue weighted by molar-refractivity contribution is 5.60. The summed E-state index contributed by atoms with van der Waals surface area (Å²) >= 11 is 0. The SMILES string of the molecule is C[C@H]1c2ccccc2CN1c1nnc(-c2n[nH]c3c2CCCC3)n1C. The van der Waals surface area contributed by atoms with E-state index in [4.69, 9.17) is 0 Å². The zero-order valence-corrected chi connectivity index (χ0v) is 14.7. The third-order valence-electron chi connectivity index (χ3n) is 5.69. The fraction of sp³-hybridized carbons (Fsp3) is 0.421. The Labute approximate surface area is 146 Å². The maximum atomic E-state index is 4.56. The first-order valence-corrected chi connectivity index (χ1v) is 9.04. The minimum atomic E-state index is 0.306. The number of nitrogens with zero attached hydrogens (tertiary/aromatic N) is 5. The first-order valence-electron chi connectivity index (χ1n) is 9.04. The van der Waals surface area contributed by atoms with E-state index in [-0.39, 0.29) is 0 Å².